The van der Waals surface area contributed by atoms with E-state index in [1.54, 1.807) is 0 Å². The van der Waals surface area contributed by atoms with Gasteiger partial charge in [0.2, 0.25) is 0 Å². The SMILES string of the molecule is CCCCCCN[C@@H](C)c1cccc(Br)c1. The van der Waals surface area contributed by atoms with Gasteiger partial charge in [0.15, 0.2) is 0 Å². The Balaban J connectivity index is 2.27. The molecule has 0 aliphatic carbocycles. The van der Waals surface area contributed by atoms with Crippen molar-refractivity contribution >= 4 is 15.9 Å². The second-order valence-corrected chi connectivity index (χ2v) is 5.21. The molecule has 0 radical (unpaired) electrons. The van der Waals surface area contributed by atoms with E-state index in [1.165, 1.54) is 31.2 Å². The number of rotatable bonds is 7. The Morgan fingerprint density at radius 2 is 2.06 bits per heavy atom. The topological polar surface area (TPSA) is 12.0 Å². The van der Waals surface area contributed by atoms with Crippen LogP contribution >= 0.6 is 15.9 Å². The van der Waals surface area contributed by atoms with Gasteiger partial charge in [-0.2, -0.15) is 0 Å². The summed E-state index contributed by atoms with van der Waals surface area (Å²) in [5.74, 6) is 0. The highest BCUT2D eigenvalue weighted by Gasteiger charge is 2.03. The fraction of sp³-hybridized carbons (Fsp3) is 0.571. The Bertz CT molecular complexity index is 299. The summed E-state index contributed by atoms with van der Waals surface area (Å²) >= 11 is 3.51. The molecule has 0 fully saturated rings. The van der Waals surface area contributed by atoms with Crippen molar-refractivity contribution in [2.24, 2.45) is 0 Å². The van der Waals surface area contributed by atoms with E-state index in [-0.39, 0.29) is 0 Å². The summed E-state index contributed by atoms with van der Waals surface area (Å²) in [7, 11) is 0. The van der Waals surface area contributed by atoms with Crippen molar-refractivity contribution in [3.8, 4) is 0 Å². The van der Waals surface area contributed by atoms with Gasteiger partial charge in [-0.25, -0.2) is 0 Å². The molecule has 0 aliphatic heterocycles. The molecule has 0 aliphatic rings. The van der Waals surface area contributed by atoms with Crippen LogP contribution in [0.15, 0.2) is 28.7 Å². The van der Waals surface area contributed by atoms with Crippen molar-refractivity contribution in [2.75, 3.05) is 6.54 Å². The Kier molecular flexibility index (Phi) is 6.74. The van der Waals surface area contributed by atoms with Gasteiger partial charge in [0, 0.05) is 10.5 Å². The van der Waals surface area contributed by atoms with Gasteiger partial charge in [0.1, 0.15) is 0 Å². The van der Waals surface area contributed by atoms with Crippen molar-refractivity contribution in [1.29, 1.82) is 0 Å². The smallest absolute Gasteiger partial charge is 0.0292 e. The van der Waals surface area contributed by atoms with E-state index in [4.69, 9.17) is 0 Å². The van der Waals surface area contributed by atoms with Crippen LogP contribution in [0.25, 0.3) is 0 Å². The second kappa shape index (κ2) is 7.86. The number of hydrogen-bond acceptors (Lipinski definition) is 1. The summed E-state index contributed by atoms with van der Waals surface area (Å²) < 4.78 is 1.16. The van der Waals surface area contributed by atoms with Gasteiger partial charge in [-0.1, -0.05) is 54.2 Å². The first kappa shape index (κ1) is 13.7. The van der Waals surface area contributed by atoms with Crippen molar-refractivity contribution in [2.45, 2.75) is 45.6 Å². The van der Waals surface area contributed by atoms with Gasteiger partial charge in [-0.05, 0) is 37.6 Å². The lowest BCUT2D eigenvalue weighted by atomic mass is 10.1. The number of hydrogen-bond donors (Lipinski definition) is 1. The maximum atomic E-state index is 3.56. The van der Waals surface area contributed by atoms with Crippen molar-refractivity contribution in [3.05, 3.63) is 34.3 Å². The van der Waals surface area contributed by atoms with Crippen LogP contribution in [0.4, 0.5) is 0 Å². The summed E-state index contributed by atoms with van der Waals surface area (Å²) in [5.41, 5.74) is 1.35. The van der Waals surface area contributed by atoms with Gasteiger partial charge in [-0.15, -0.1) is 0 Å². The standard InChI is InChI=1S/C14H22BrN/c1-3-4-5-6-10-16-12(2)13-8-7-9-14(15)11-13/h7-9,11-12,16H,3-6,10H2,1-2H3/t12-/m0/s1. The maximum absolute atomic E-state index is 3.56. The van der Waals surface area contributed by atoms with Crippen LogP contribution in [0.3, 0.4) is 0 Å². The highest BCUT2D eigenvalue weighted by Crippen LogP contribution is 2.17. The highest BCUT2D eigenvalue weighted by molar-refractivity contribution is 9.10. The molecule has 0 saturated carbocycles. The number of nitrogens with one attached hydrogen (secondary N) is 1. The third kappa shape index (κ3) is 5.13. The van der Waals surface area contributed by atoms with Crippen LogP contribution in [-0.2, 0) is 0 Å². The zero-order chi connectivity index (χ0) is 11.8. The molecule has 0 unspecified atom stereocenters. The van der Waals surface area contributed by atoms with E-state index in [0.717, 1.165) is 11.0 Å². The lowest BCUT2D eigenvalue weighted by Crippen LogP contribution is -2.19. The summed E-state index contributed by atoms with van der Waals surface area (Å²) in [6.07, 6.45) is 5.29. The molecule has 16 heavy (non-hydrogen) atoms. The molecule has 0 aromatic heterocycles. The van der Waals surface area contributed by atoms with Crippen LogP contribution in [0.1, 0.15) is 51.1 Å². The molecule has 0 bridgehead atoms. The molecular weight excluding hydrogens is 262 g/mol. The monoisotopic (exact) mass is 283 g/mol. The maximum Gasteiger partial charge on any atom is 0.0292 e. The van der Waals surface area contributed by atoms with E-state index in [9.17, 15) is 0 Å². The molecule has 0 saturated heterocycles. The Morgan fingerprint density at radius 3 is 2.75 bits per heavy atom. The summed E-state index contributed by atoms with van der Waals surface area (Å²) in [6, 6.07) is 8.96. The van der Waals surface area contributed by atoms with E-state index in [0.29, 0.717) is 6.04 Å². The molecule has 2 heteroatoms. The lowest BCUT2D eigenvalue weighted by molar-refractivity contribution is 0.536. The Labute approximate surface area is 108 Å². The molecule has 0 amide bonds. The quantitative estimate of drug-likeness (QED) is 0.717. The van der Waals surface area contributed by atoms with E-state index in [1.807, 2.05) is 0 Å². The van der Waals surface area contributed by atoms with Gasteiger partial charge in [-0.3, -0.25) is 0 Å². The van der Waals surface area contributed by atoms with E-state index in [2.05, 4.69) is 59.4 Å². The number of halogens is 1. The normalized spacial score (nSPS) is 12.7. The fourth-order valence-electron chi connectivity index (χ4n) is 1.76. The molecule has 1 atom stereocenters. The fourth-order valence-corrected chi connectivity index (χ4v) is 2.18. The molecule has 1 rings (SSSR count). The Morgan fingerprint density at radius 1 is 1.25 bits per heavy atom. The van der Waals surface area contributed by atoms with Crippen LogP contribution in [0, 0.1) is 0 Å². The summed E-state index contributed by atoms with van der Waals surface area (Å²) in [6.45, 7) is 5.59. The first-order valence-corrected chi connectivity index (χ1v) is 7.02. The molecule has 1 N–H and O–H groups in total. The van der Waals surface area contributed by atoms with Crippen molar-refractivity contribution in [1.82, 2.24) is 5.32 Å². The Hall–Kier alpha value is -0.340. The minimum absolute atomic E-state index is 0.444. The largest absolute Gasteiger partial charge is 0.310 e. The summed E-state index contributed by atoms with van der Waals surface area (Å²) in [5, 5.41) is 3.56. The molecular formula is C14H22BrN. The van der Waals surface area contributed by atoms with Crippen LogP contribution < -0.4 is 5.32 Å². The average molecular weight is 284 g/mol. The molecule has 90 valence electrons. The molecule has 0 spiro atoms. The predicted octanol–water partition coefficient (Wildman–Crippen LogP) is 4.68. The van der Waals surface area contributed by atoms with Gasteiger partial charge in [0.25, 0.3) is 0 Å². The van der Waals surface area contributed by atoms with E-state index >= 15 is 0 Å². The van der Waals surface area contributed by atoms with Gasteiger partial charge < -0.3 is 5.32 Å². The first-order valence-electron chi connectivity index (χ1n) is 6.23. The number of unbranched alkanes of at least 4 members (excludes halogenated alkanes) is 3. The van der Waals surface area contributed by atoms with Crippen LogP contribution in [-0.4, -0.2) is 6.54 Å². The van der Waals surface area contributed by atoms with Gasteiger partial charge >= 0.3 is 0 Å². The zero-order valence-electron chi connectivity index (χ0n) is 10.3. The van der Waals surface area contributed by atoms with E-state index < -0.39 is 0 Å². The van der Waals surface area contributed by atoms with Crippen LogP contribution in [0.2, 0.25) is 0 Å². The molecule has 0 heterocycles. The van der Waals surface area contributed by atoms with Crippen LogP contribution in [0.5, 0.6) is 0 Å². The minimum Gasteiger partial charge on any atom is -0.310 e. The first-order chi connectivity index (χ1) is 7.74. The predicted molar refractivity (Wildman–Crippen MR) is 74.7 cm³/mol. The third-order valence-corrected chi connectivity index (χ3v) is 3.32. The third-order valence-electron chi connectivity index (χ3n) is 2.83. The van der Waals surface area contributed by atoms with Crippen molar-refractivity contribution < 1.29 is 0 Å². The number of benzene rings is 1. The van der Waals surface area contributed by atoms with Gasteiger partial charge in [0.05, 0.1) is 0 Å². The zero-order valence-corrected chi connectivity index (χ0v) is 11.9. The minimum atomic E-state index is 0.444. The summed E-state index contributed by atoms with van der Waals surface area (Å²) in [4.78, 5) is 0. The molecule has 1 aromatic rings. The van der Waals surface area contributed by atoms with Crippen molar-refractivity contribution in [3.63, 3.8) is 0 Å². The molecule has 1 aromatic carbocycles. The second-order valence-electron chi connectivity index (χ2n) is 4.29. The molecule has 1 nitrogen and oxygen atoms in total. The highest BCUT2D eigenvalue weighted by atomic mass is 79.9. The lowest BCUT2D eigenvalue weighted by Gasteiger charge is -2.14. The average Bonchev–Trinajstić information content (AvgIpc) is 2.28.